The van der Waals surface area contributed by atoms with Crippen molar-refractivity contribution in [3.05, 3.63) is 40.9 Å². The van der Waals surface area contributed by atoms with Crippen LogP contribution in [0.25, 0.3) is 10.6 Å². The number of rotatable bonds is 4. The smallest absolute Gasteiger partial charge is 0.295 e. The molecule has 1 aromatic carbocycles. The molecule has 26 heavy (non-hydrogen) atoms. The maximum atomic E-state index is 12.6. The van der Waals surface area contributed by atoms with Crippen molar-refractivity contribution in [1.29, 1.82) is 0 Å². The van der Waals surface area contributed by atoms with E-state index in [9.17, 15) is 21.6 Å². The lowest BCUT2D eigenvalue weighted by Crippen LogP contribution is -2.47. The Balaban J connectivity index is 1.62. The number of hydrogen-bond donors (Lipinski definition) is 0. The lowest BCUT2D eigenvalue weighted by atomic mass is 10.1. The van der Waals surface area contributed by atoms with Crippen LogP contribution in [0, 0.1) is 0 Å². The molecule has 0 N–H and O–H groups in total. The molecule has 0 saturated carbocycles. The first-order chi connectivity index (χ1) is 12.1. The van der Waals surface area contributed by atoms with E-state index < -0.39 is 21.8 Å². The molecule has 142 valence electrons. The number of sulfonamides is 1. The Bertz CT molecular complexity index is 856. The Kier molecular flexibility index (Phi) is 5.38. The molecular formula is C16H18F3N3O2S2. The van der Waals surface area contributed by atoms with Crippen LogP contribution >= 0.6 is 11.3 Å². The summed E-state index contributed by atoms with van der Waals surface area (Å²) in [5.74, 6) is 0. The van der Waals surface area contributed by atoms with Gasteiger partial charge in [-0.3, -0.25) is 4.90 Å². The van der Waals surface area contributed by atoms with E-state index in [4.69, 9.17) is 0 Å². The molecule has 2 heterocycles. The van der Waals surface area contributed by atoms with Crippen molar-refractivity contribution in [2.75, 3.05) is 32.4 Å². The summed E-state index contributed by atoms with van der Waals surface area (Å²) < 4.78 is 62.4. The predicted octanol–water partition coefficient (Wildman–Crippen LogP) is 2.91. The predicted molar refractivity (Wildman–Crippen MR) is 94.2 cm³/mol. The van der Waals surface area contributed by atoms with E-state index in [1.54, 1.807) is 0 Å². The molecule has 3 rings (SSSR count). The number of benzene rings is 1. The summed E-state index contributed by atoms with van der Waals surface area (Å²) in [5, 5.41) is 2.55. The van der Waals surface area contributed by atoms with E-state index in [0.717, 1.165) is 17.8 Å². The average molecular weight is 405 g/mol. The Labute approximate surface area is 154 Å². The van der Waals surface area contributed by atoms with Crippen molar-refractivity contribution in [2.45, 2.75) is 12.7 Å². The summed E-state index contributed by atoms with van der Waals surface area (Å²) in [6, 6.07) is 4.97. The monoisotopic (exact) mass is 405 g/mol. The van der Waals surface area contributed by atoms with Gasteiger partial charge in [-0.15, -0.1) is 11.3 Å². The van der Waals surface area contributed by atoms with Crippen molar-refractivity contribution in [1.82, 2.24) is 14.2 Å². The summed E-state index contributed by atoms with van der Waals surface area (Å²) in [7, 11) is -3.16. The van der Waals surface area contributed by atoms with Crippen LogP contribution in [0.4, 0.5) is 13.2 Å². The van der Waals surface area contributed by atoms with Crippen molar-refractivity contribution >= 4 is 21.4 Å². The fourth-order valence-electron chi connectivity index (χ4n) is 2.76. The van der Waals surface area contributed by atoms with Gasteiger partial charge in [0.05, 0.1) is 17.5 Å². The number of halogens is 3. The van der Waals surface area contributed by atoms with Crippen molar-refractivity contribution in [3.8, 4) is 10.6 Å². The highest BCUT2D eigenvalue weighted by atomic mass is 32.2. The maximum Gasteiger partial charge on any atom is 0.416 e. The van der Waals surface area contributed by atoms with Crippen LogP contribution in [-0.2, 0) is 22.7 Å². The molecule has 1 saturated heterocycles. The van der Waals surface area contributed by atoms with Gasteiger partial charge in [0, 0.05) is 43.7 Å². The lowest BCUT2D eigenvalue weighted by molar-refractivity contribution is -0.137. The normalized spacial score (nSPS) is 17.5. The summed E-state index contributed by atoms with van der Waals surface area (Å²) in [6.45, 7) is 2.75. The minimum absolute atomic E-state index is 0.453. The second-order valence-corrected chi connectivity index (χ2v) is 9.00. The summed E-state index contributed by atoms with van der Waals surface area (Å²) in [5.41, 5.74) is 0.802. The standard InChI is InChI=1S/C16H18F3N3O2S2/c1-26(23,24)22-8-6-21(7-9-22)10-14-11-25-15(20-14)12-2-4-13(5-3-12)16(17,18)19/h2-5,11H,6-10H2,1H3. The van der Waals surface area contributed by atoms with Gasteiger partial charge < -0.3 is 0 Å². The molecule has 1 aromatic heterocycles. The number of thiazole rings is 1. The zero-order valence-electron chi connectivity index (χ0n) is 14.0. The number of piperazine rings is 1. The first-order valence-electron chi connectivity index (χ1n) is 7.92. The molecular weight excluding hydrogens is 387 g/mol. The number of aromatic nitrogens is 1. The van der Waals surface area contributed by atoms with Crippen LogP contribution in [0.1, 0.15) is 11.3 Å². The summed E-state index contributed by atoms with van der Waals surface area (Å²) in [6.07, 6.45) is -3.14. The van der Waals surface area contributed by atoms with Crippen LogP contribution in [0.3, 0.4) is 0 Å². The topological polar surface area (TPSA) is 53.5 Å². The Morgan fingerprint density at radius 2 is 1.73 bits per heavy atom. The van der Waals surface area contributed by atoms with Gasteiger partial charge in [0.1, 0.15) is 5.01 Å². The van der Waals surface area contributed by atoms with Crippen LogP contribution in [0.5, 0.6) is 0 Å². The zero-order chi connectivity index (χ0) is 18.9. The molecule has 1 aliphatic heterocycles. The van der Waals surface area contributed by atoms with Crippen molar-refractivity contribution in [3.63, 3.8) is 0 Å². The van der Waals surface area contributed by atoms with Gasteiger partial charge in [0.15, 0.2) is 0 Å². The van der Waals surface area contributed by atoms with Crippen molar-refractivity contribution in [2.24, 2.45) is 0 Å². The Morgan fingerprint density at radius 3 is 2.27 bits per heavy atom. The quantitative estimate of drug-likeness (QED) is 0.785. The van der Waals surface area contributed by atoms with Gasteiger partial charge in [0.25, 0.3) is 0 Å². The van der Waals surface area contributed by atoms with Crippen LogP contribution in [0.15, 0.2) is 29.6 Å². The average Bonchev–Trinajstić information content (AvgIpc) is 3.02. The lowest BCUT2D eigenvalue weighted by Gasteiger charge is -2.32. The Hall–Kier alpha value is -1.49. The van der Waals surface area contributed by atoms with E-state index in [1.165, 1.54) is 34.0 Å². The van der Waals surface area contributed by atoms with E-state index >= 15 is 0 Å². The molecule has 1 fully saturated rings. The van der Waals surface area contributed by atoms with Gasteiger partial charge in [-0.05, 0) is 12.1 Å². The van der Waals surface area contributed by atoms with Gasteiger partial charge in [0.2, 0.25) is 10.0 Å². The molecule has 0 unspecified atom stereocenters. The van der Waals surface area contributed by atoms with E-state index in [1.807, 2.05) is 5.38 Å². The third kappa shape index (κ3) is 4.61. The minimum atomic E-state index is -4.35. The highest BCUT2D eigenvalue weighted by Gasteiger charge is 2.30. The second-order valence-electron chi connectivity index (χ2n) is 6.16. The molecule has 2 aromatic rings. The summed E-state index contributed by atoms with van der Waals surface area (Å²) >= 11 is 1.38. The highest BCUT2D eigenvalue weighted by molar-refractivity contribution is 7.88. The van der Waals surface area contributed by atoms with E-state index in [-0.39, 0.29) is 0 Å². The SMILES string of the molecule is CS(=O)(=O)N1CCN(Cc2csc(-c3ccc(C(F)(F)F)cc3)n2)CC1. The molecule has 0 atom stereocenters. The third-order valence-corrected chi connectivity index (χ3v) is 6.44. The minimum Gasteiger partial charge on any atom is -0.295 e. The highest BCUT2D eigenvalue weighted by Crippen LogP contribution is 2.31. The number of hydrogen-bond acceptors (Lipinski definition) is 5. The zero-order valence-corrected chi connectivity index (χ0v) is 15.7. The van der Waals surface area contributed by atoms with E-state index in [2.05, 4.69) is 9.88 Å². The summed E-state index contributed by atoms with van der Waals surface area (Å²) in [4.78, 5) is 6.62. The van der Waals surface area contributed by atoms with Crippen LogP contribution in [-0.4, -0.2) is 55.0 Å². The largest absolute Gasteiger partial charge is 0.416 e. The molecule has 0 aliphatic carbocycles. The molecule has 0 bridgehead atoms. The van der Waals surface area contributed by atoms with Crippen LogP contribution in [0.2, 0.25) is 0 Å². The fraction of sp³-hybridized carbons (Fsp3) is 0.438. The molecule has 0 amide bonds. The maximum absolute atomic E-state index is 12.6. The molecule has 0 spiro atoms. The number of alkyl halides is 3. The van der Waals surface area contributed by atoms with Gasteiger partial charge in [-0.2, -0.15) is 17.5 Å². The van der Waals surface area contributed by atoms with Crippen LogP contribution < -0.4 is 0 Å². The molecule has 1 aliphatic rings. The number of nitrogens with zero attached hydrogens (tertiary/aromatic N) is 3. The first kappa shape index (κ1) is 19.3. The molecule has 10 heteroatoms. The second kappa shape index (κ2) is 7.26. The van der Waals surface area contributed by atoms with E-state index in [0.29, 0.717) is 43.3 Å². The Morgan fingerprint density at radius 1 is 1.12 bits per heavy atom. The van der Waals surface area contributed by atoms with Gasteiger partial charge in [-0.25, -0.2) is 13.4 Å². The van der Waals surface area contributed by atoms with Gasteiger partial charge >= 0.3 is 6.18 Å². The molecule has 5 nitrogen and oxygen atoms in total. The third-order valence-electron chi connectivity index (χ3n) is 4.20. The first-order valence-corrected chi connectivity index (χ1v) is 10.7. The molecule has 0 radical (unpaired) electrons. The van der Waals surface area contributed by atoms with Crippen molar-refractivity contribution < 1.29 is 21.6 Å². The van der Waals surface area contributed by atoms with Gasteiger partial charge in [-0.1, -0.05) is 12.1 Å². The fourth-order valence-corrected chi connectivity index (χ4v) is 4.41.